The van der Waals surface area contributed by atoms with Gasteiger partial charge in [0, 0.05) is 29.2 Å². The van der Waals surface area contributed by atoms with E-state index in [-0.39, 0.29) is 23.9 Å². The number of halogens is 6. The van der Waals surface area contributed by atoms with E-state index in [2.05, 4.69) is 6.58 Å². The fraction of sp³-hybridized carbons (Fsp3) is 0.217. The predicted molar refractivity (Wildman–Crippen MR) is 116 cm³/mol. The topological polar surface area (TPSA) is 82.2 Å². The minimum Gasteiger partial charge on any atom is -0.489 e. The van der Waals surface area contributed by atoms with Crippen LogP contribution in [0, 0.1) is 0 Å². The number of hydrogen-bond acceptors (Lipinski definition) is 4. The van der Waals surface area contributed by atoms with Gasteiger partial charge in [0.2, 0.25) is 0 Å². The van der Waals surface area contributed by atoms with Crippen LogP contribution in [-0.4, -0.2) is 14.3 Å². The van der Waals surface area contributed by atoms with Gasteiger partial charge >= 0.3 is 23.8 Å². The minimum absolute atomic E-state index is 0.0471. The van der Waals surface area contributed by atoms with Crippen LogP contribution in [0.5, 0.6) is 5.75 Å². The van der Waals surface area contributed by atoms with Crippen LogP contribution in [0.1, 0.15) is 22.3 Å². The number of nitrogens with zero attached hydrogens (tertiary/aromatic N) is 2. The third-order valence-corrected chi connectivity index (χ3v) is 5.26. The first-order valence-corrected chi connectivity index (χ1v) is 10.3. The molecule has 0 fully saturated rings. The quantitative estimate of drug-likeness (QED) is 0.281. The molecule has 4 rings (SSSR count). The van der Waals surface area contributed by atoms with Crippen molar-refractivity contribution in [1.82, 2.24) is 14.3 Å². The Morgan fingerprint density at radius 2 is 1.67 bits per heavy atom. The number of alkyl halides is 6. The summed E-state index contributed by atoms with van der Waals surface area (Å²) in [7, 11) is 0. The summed E-state index contributed by atoms with van der Waals surface area (Å²) in [5, 5.41) is 0.560. The summed E-state index contributed by atoms with van der Waals surface area (Å²) in [5.41, 5.74) is -2.73. The Balaban J connectivity index is 1.67. The van der Waals surface area contributed by atoms with Gasteiger partial charge < -0.3 is 13.8 Å². The molecule has 190 valence electrons. The van der Waals surface area contributed by atoms with Crippen LogP contribution in [0.4, 0.5) is 26.3 Å². The van der Waals surface area contributed by atoms with Crippen LogP contribution in [0.25, 0.3) is 10.9 Å². The van der Waals surface area contributed by atoms with Gasteiger partial charge in [-0.2, -0.15) is 26.3 Å². The maximum absolute atomic E-state index is 13.1. The van der Waals surface area contributed by atoms with E-state index in [4.69, 9.17) is 9.26 Å². The smallest absolute Gasteiger partial charge is 0.440 e. The van der Waals surface area contributed by atoms with E-state index < -0.39 is 41.5 Å². The van der Waals surface area contributed by atoms with Crippen LogP contribution >= 0.6 is 0 Å². The molecule has 0 unspecified atom stereocenters. The molecule has 2 aromatic carbocycles. The lowest BCUT2D eigenvalue weighted by Gasteiger charge is -2.15. The Bertz CT molecular complexity index is 1510. The highest BCUT2D eigenvalue weighted by molar-refractivity contribution is 5.85. The average molecular weight is 513 g/mol. The molecule has 0 bridgehead atoms. The summed E-state index contributed by atoms with van der Waals surface area (Å²) >= 11 is 0. The average Bonchev–Trinajstić information content (AvgIpc) is 3.29. The SMILES string of the molecule is C=CCn1cc(Cn2oc(=O)[nH]c2=O)c2cc(OCc3cc(C(F)(F)F)cc(C(F)(F)F)c3)ccc21. The Labute approximate surface area is 197 Å². The summed E-state index contributed by atoms with van der Waals surface area (Å²) in [5.74, 6) is -0.771. The van der Waals surface area contributed by atoms with E-state index in [1.165, 1.54) is 12.1 Å². The number of hydrogen-bond donors (Lipinski definition) is 1. The van der Waals surface area contributed by atoms with Gasteiger partial charge in [0.15, 0.2) is 0 Å². The molecule has 0 radical (unpaired) electrons. The zero-order valence-corrected chi connectivity index (χ0v) is 18.2. The third-order valence-electron chi connectivity index (χ3n) is 5.26. The molecule has 0 aliphatic rings. The van der Waals surface area contributed by atoms with Crippen LogP contribution in [0.2, 0.25) is 0 Å². The largest absolute Gasteiger partial charge is 0.489 e. The summed E-state index contributed by atoms with van der Waals surface area (Å²) in [6, 6.07) is 5.91. The highest BCUT2D eigenvalue weighted by Gasteiger charge is 2.36. The monoisotopic (exact) mass is 513 g/mol. The Hall–Kier alpha value is -4.16. The minimum atomic E-state index is -4.97. The molecule has 0 aliphatic heterocycles. The number of aromatic amines is 1. The Kier molecular flexibility index (Phi) is 6.33. The van der Waals surface area contributed by atoms with Crippen LogP contribution in [0.3, 0.4) is 0 Å². The number of allylic oxidation sites excluding steroid dienone is 1. The van der Waals surface area contributed by atoms with Crippen molar-refractivity contribution in [3.63, 3.8) is 0 Å². The molecule has 0 amide bonds. The molecule has 0 aliphatic carbocycles. The number of H-pyrrole nitrogens is 1. The molecule has 1 N–H and O–H groups in total. The number of ether oxygens (including phenoxy) is 1. The van der Waals surface area contributed by atoms with Gasteiger partial charge in [-0.3, -0.25) is 0 Å². The second kappa shape index (κ2) is 9.13. The summed E-state index contributed by atoms with van der Waals surface area (Å²) in [6.07, 6.45) is -6.62. The molecule has 36 heavy (non-hydrogen) atoms. The molecule has 7 nitrogen and oxygen atoms in total. The highest BCUT2D eigenvalue weighted by Crippen LogP contribution is 2.36. The van der Waals surface area contributed by atoms with E-state index in [0.29, 0.717) is 35.1 Å². The molecular formula is C23H17F6N3O4. The normalized spacial score (nSPS) is 12.3. The predicted octanol–water partition coefficient (Wildman–Crippen LogP) is 4.94. The molecule has 13 heteroatoms. The fourth-order valence-corrected chi connectivity index (χ4v) is 3.70. The first-order valence-electron chi connectivity index (χ1n) is 10.3. The van der Waals surface area contributed by atoms with Crippen molar-refractivity contribution in [2.45, 2.75) is 32.0 Å². The molecule has 0 saturated carbocycles. The summed E-state index contributed by atoms with van der Waals surface area (Å²) < 4.78 is 91.7. The molecule has 0 saturated heterocycles. The maximum atomic E-state index is 13.1. The van der Waals surface area contributed by atoms with Crippen molar-refractivity contribution >= 4 is 10.9 Å². The van der Waals surface area contributed by atoms with E-state index in [1.54, 1.807) is 22.9 Å². The fourth-order valence-electron chi connectivity index (χ4n) is 3.70. The van der Waals surface area contributed by atoms with Gasteiger partial charge in [-0.1, -0.05) is 6.08 Å². The van der Waals surface area contributed by atoms with E-state index in [9.17, 15) is 35.9 Å². The zero-order valence-electron chi connectivity index (χ0n) is 18.2. The number of benzene rings is 2. The second-order valence-corrected chi connectivity index (χ2v) is 7.82. The summed E-state index contributed by atoms with van der Waals surface area (Å²) in [6.45, 7) is 3.39. The first-order chi connectivity index (χ1) is 16.8. The van der Waals surface area contributed by atoms with Crippen molar-refractivity contribution in [2.75, 3.05) is 0 Å². The Morgan fingerprint density at radius 3 is 2.22 bits per heavy atom. The van der Waals surface area contributed by atoms with Gasteiger partial charge in [-0.25, -0.2) is 14.6 Å². The van der Waals surface area contributed by atoms with Crippen molar-refractivity contribution in [2.24, 2.45) is 0 Å². The van der Waals surface area contributed by atoms with Gasteiger partial charge in [0.25, 0.3) is 0 Å². The van der Waals surface area contributed by atoms with Crippen molar-refractivity contribution in [3.05, 3.63) is 98.5 Å². The number of fused-ring (bicyclic) bond motifs is 1. The lowest BCUT2D eigenvalue weighted by atomic mass is 10.1. The molecule has 0 atom stereocenters. The van der Waals surface area contributed by atoms with Gasteiger partial charge in [0.1, 0.15) is 12.4 Å². The molecular weight excluding hydrogens is 496 g/mol. The standard InChI is InChI=1S/C23H17F6N3O4/c1-2-5-31-10-14(11-32-20(33)30-21(34)36-32)18-9-17(3-4-19(18)31)35-12-13-6-15(22(24,25)26)8-16(7-13)23(27,28)29/h2-4,6-10H,1,5,11-12H2,(H,30,33,34). The van der Waals surface area contributed by atoms with Gasteiger partial charge in [-0.15, -0.1) is 11.3 Å². The van der Waals surface area contributed by atoms with Gasteiger partial charge in [-0.05, 0) is 42.0 Å². The molecule has 2 heterocycles. The Morgan fingerprint density at radius 1 is 1.00 bits per heavy atom. The number of aromatic nitrogens is 3. The molecule has 2 aromatic heterocycles. The van der Waals surface area contributed by atoms with Crippen LogP contribution in [-0.2, 0) is 32.0 Å². The maximum Gasteiger partial charge on any atom is 0.440 e. The highest BCUT2D eigenvalue weighted by atomic mass is 19.4. The van der Waals surface area contributed by atoms with Crippen molar-refractivity contribution in [1.29, 1.82) is 0 Å². The van der Waals surface area contributed by atoms with Crippen molar-refractivity contribution < 1.29 is 35.6 Å². The first kappa shape index (κ1) is 24.9. The summed E-state index contributed by atoms with van der Waals surface area (Å²) in [4.78, 5) is 25.1. The zero-order chi connectivity index (χ0) is 26.3. The third kappa shape index (κ3) is 5.24. The lowest BCUT2D eigenvalue weighted by Crippen LogP contribution is -2.17. The lowest BCUT2D eigenvalue weighted by molar-refractivity contribution is -0.143. The van der Waals surface area contributed by atoms with Crippen LogP contribution in [0.15, 0.2) is 69.4 Å². The van der Waals surface area contributed by atoms with Crippen molar-refractivity contribution in [3.8, 4) is 5.75 Å². The van der Waals surface area contributed by atoms with Gasteiger partial charge in [0.05, 0.1) is 17.7 Å². The van der Waals surface area contributed by atoms with E-state index in [0.717, 1.165) is 4.74 Å². The van der Waals surface area contributed by atoms with E-state index >= 15 is 0 Å². The molecule has 4 aromatic rings. The number of nitrogens with one attached hydrogen (secondary N) is 1. The van der Waals surface area contributed by atoms with Crippen LogP contribution < -0.4 is 16.2 Å². The molecule has 0 spiro atoms. The van der Waals surface area contributed by atoms with E-state index in [1.807, 2.05) is 4.98 Å². The number of rotatable bonds is 7. The second-order valence-electron chi connectivity index (χ2n) is 7.82.